The molecule has 1 N–H and O–H groups in total. The Hall–Kier alpha value is -2.12. The number of hydrogen-bond acceptors (Lipinski definition) is 5. The van der Waals surface area contributed by atoms with E-state index in [1.165, 1.54) is 27.7 Å². The van der Waals surface area contributed by atoms with Crippen molar-refractivity contribution >= 4 is 39.2 Å². The molecular weight excluding hydrogens is 366 g/mol. The van der Waals surface area contributed by atoms with Crippen LogP contribution in [0.2, 0.25) is 0 Å². The van der Waals surface area contributed by atoms with Crippen LogP contribution in [0.4, 0.5) is 0 Å². The fraction of sp³-hybridized carbons (Fsp3) is 0.316. The first-order valence-electron chi connectivity index (χ1n) is 8.53. The third-order valence-corrected chi connectivity index (χ3v) is 6.81. The number of thioether (sulfide) groups is 1. The van der Waals surface area contributed by atoms with Gasteiger partial charge in [-0.05, 0) is 36.3 Å². The lowest BCUT2D eigenvalue weighted by Crippen LogP contribution is -2.51. The summed E-state index contributed by atoms with van der Waals surface area (Å²) < 4.78 is 2.17. The number of thiophene rings is 1. The first-order chi connectivity index (χ1) is 12.6. The Morgan fingerprint density at radius 1 is 1.31 bits per heavy atom. The van der Waals surface area contributed by atoms with Gasteiger partial charge in [0, 0.05) is 7.05 Å². The summed E-state index contributed by atoms with van der Waals surface area (Å²) >= 11 is 2.70. The highest BCUT2D eigenvalue weighted by atomic mass is 32.2. The van der Waals surface area contributed by atoms with Crippen molar-refractivity contribution in [3.05, 3.63) is 57.7 Å². The van der Waals surface area contributed by atoms with Gasteiger partial charge in [-0.15, -0.1) is 11.3 Å². The molecule has 0 spiro atoms. The second-order valence-electron chi connectivity index (χ2n) is 6.53. The molecule has 0 radical (unpaired) electrons. The molecule has 3 aromatic rings. The van der Waals surface area contributed by atoms with Crippen LogP contribution < -0.4 is 10.9 Å². The minimum Gasteiger partial charge on any atom is -0.346 e. The summed E-state index contributed by atoms with van der Waals surface area (Å²) in [6, 6.07) is 12.0. The van der Waals surface area contributed by atoms with E-state index in [1.54, 1.807) is 7.05 Å². The second kappa shape index (κ2) is 6.89. The Balaban J connectivity index is 1.48. The first kappa shape index (κ1) is 17.3. The highest BCUT2D eigenvalue weighted by molar-refractivity contribution is 7.99. The monoisotopic (exact) mass is 385 g/mol. The molecule has 5 nitrogen and oxygen atoms in total. The third-order valence-electron chi connectivity index (χ3n) is 4.89. The van der Waals surface area contributed by atoms with Gasteiger partial charge in [-0.1, -0.05) is 42.1 Å². The number of carbonyl (C=O) groups is 1. The summed E-state index contributed by atoms with van der Waals surface area (Å²) in [4.78, 5) is 29.4. The van der Waals surface area contributed by atoms with Crippen molar-refractivity contribution in [2.75, 3.05) is 5.75 Å². The van der Waals surface area contributed by atoms with Crippen LogP contribution >= 0.6 is 23.1 Å². The van der Waals surface area contributed by atoms with E-state index in [2.05, 4.69) is 22.4 Å². The first-order valence-corrected chi connectivity index (χ1v) is 10.4. The normalized spacial score (nSPS) is 15.6. The number of aromatic nitrogens is 2. The number of hydrogen-bond donors (Lipinski definition) is 1. The molecule has 1 aliphatic carbocycles. The predicted molar refractivity (Wildman–Crippen MR) is 106 cm³/mol. The van der Waals surface area contributed by atoms with Crippen molar-refractivity contribution in [1.29, 1.82) is 0 Å². The topological polar surface area (TPSA) is 64.0 Å². The number of amides is 1. The highest BCUT2D eigenvalue weighted by Crippen LogP contribution is 2.41. The summed E-state index contributed by atoms with van der Waals surface area (Å²) in [5, 5.41) is 5.64. The van der Waals surface area contributed by atoms with Crippen LogP contribution in [-0.2, 0) is 17.4 Å². The summed E-state index contributed by atoms with van der Waals surface area (Å²) in [5.41, 5.74) is 1.55. The van der Waals surface area contributed by atoms with E-state index in [0.717, 1.165) is 24.8 Å². The van der Waals surface area contributed by atoms with Crippen LogP contribution in [0.3, 0.4) is 0 Å². The minimum atomic E-state index is -0.241. The Labute approximate surface area is 159 Å². The lowest BCUT2D eigenvalue weighted by molar-refractivity contribution is -0.121. The molecule has 2 heterocycles. The van der Waals surface area contributed by atoms with Gasteiger partial charge in [0.2, 0.25) is 5.91 Å². The van der Waals surface area contributed by atoms with E-state index in [0.29, 0.717) is 15.4 Å². The molecule has 1 aliphatic rings. The van der Waals surface area contributed by atoms with Gasteiger partial charge < -0.3 is 5.32 Å². The van der Waals surface area contributed by atoms with Crippen LogP contribution in [-0.4, -0.2) is 21.2 Å². The Kier molecular flexibility index (Phi) is 4.58. The zero-order valence-corrected chi connectivity index (χ0v) is 16.0. The number of carbonyl (C=O) groups excluding carboxylic acids is 1. The average molecular weight is 386 g/mol. The number of fused-ring (bicyclic) bond motifs is 1. The van der Waals surface area contributed by atoms with E-state index in [9.17, 15) is 9.59 Å². The molecule has 7 heteroatoms. The van der Waals surface area contributed by atoms with Crippen molar-refractivity contribution in [2.24, 2.45) is 7.05 Å². The van der Waals surface area contributed by atoms with Crippen molar-refractivity contribution in [3.8, 4) is 0 Å². The quantitative estimate of drug-likeness (QED) is 0.541. The predicted octanol–water partition coefficient (Wildman–Crippen LogP) is 3.28. The largest absolute Gasteiger partial charge is 0.346 e. The van der Waals surface area contributed by atoms with E-state index < -0.39 is 0 Å². The maximum atomic E-state index is 12.6. The molecule has 1 amide bonds. The number of benzene rings is 1. The van der Waals surface area contributed by atoms with E-state index in [4.69, 9.17) is 0 Å². The zero-order valence-electron chi connectivity index (χ0n) is 14.4. The molecule has 134 valence electrons. The molecule has 0 atom stereocenters. The summed E-state index contributed by atoms with van der Waals surface area (Å²) in [6.07, 6.45) is 3.04. The van der Waals surface area contributed by atoms with Gasteiger partial charge in [-0.2, -0.15) is 0 Å². The standard InChI is InChI=1S/C19H19N3O2S2/c1-22-17(24)16-14(8-11-25-16)20-18(22)26-12-15(23)21-19(9-5-10-19)13-6-3-2-4-7-13/h2-4,6-8,11H,5,9-10,12H2,1H3,(H,21,23). The number of rotatable bonds is 5. The summed E-state index contributed by atoms with van der Waals surface area (Å²) in [6.45, 7) is 0. The van der Waals surface area contributed by atoms with Gasteiger partial charge in [-0.3, -0.25) is 14.2 Å². The van der Waals surface area contributed by atoms with Crippen LogP contribution in [0.15, 0.2) is 51.7 Å². The molecule has 0 saturated heterocycles. The van der Waals surface area contributed by atoms with Gasteiger partial charge >= 0.3 is 0 Å². The van der Waals surface area contributed by atoms with Gasteiger partial charge in [0.1, 0.15) is 4.70 Å². The molecular formula is C19H19N3O2S2. The van der Waals surface area contributed by atoms with Gasteiger partial charge in [0.15, 0.2) is 5.16 Å². The van der Waals surface area contributed by atoms with Crippen molar-refractivity contribution < 1.29 is 4.79 Å². The van der Waals surface area contributed by atoms with Gasteiger partial charge in [0.05, 0.1) is 16.8 Å². The van der Waals surface area contributed by atoms with Crippen LogP contribution in [0.25, 0.3) is 10.2 Å². The molecule has 4 rings (SSSR count). The minimum absolute atomic E-state index is 0.0294. The van der Waals surface area contributed by atoms with Crippen LogP contribution in [0, 0.1) is 0 Å². The summed E-state index contributed by atoms with van der Waals surface area (Å²) in [5.74, 6) is 0.211. The second-order valence-corrected chi connectivity index (χ2v) is 8.39. The van der Waals surface area contributed by atoms with Crippen molar-refractivity contribution in [3.63, 3.8) is 0 Å². The molecule has 1 saturated carbocycles. The molecule has 1 aromatic carbocycles. The average Bonchev–Trinajstić information content (AvgIpc) is 3.09. The Morgan fingerprint density at radius 3 is 2.77 bits per heavy atom. The lowest BCUT2D eigenvalue weighted by Gasteiger charge is -2.43. The van der Waals surface area contributed by atoms with Crippen molar-refractivity contribution in [2.45, 2.75) is 30.0 Å². The fourth-order valence-corrected chi connectivity index (χ4v) is 4.88. The molecule has 2 aromatic heterocycles. The molecule has 1 fully saturated rings. The van der Waals surface area contributed by atoms with Gasteiger partial charge in [-0.25, -0.2) is 4.98 Å². The number of nitrogens with one attached hydrogen (secondary N) is 1. The van der Waals surface area contributed by atoms with E-state index >= 15 is 0 Å². The SMILES string of the molecule is Cn1c(SCC(=O)NC2(c3ccccc3)CCC2)nc2ccsc2c1=O. The zero-order chi connectivity index (χ0) is 18.1. The Morgan fingerprint density at radius 2 is 2.08 bits per heavy atom. The van der Waals surface area contributed by atoms with E-state index in [-0.39, 0.29) is 22.8 Å². The van der Waals surface area contributed by atoms with E-state index in [1.807, 2.05) is 29.6 Å². The van der Waals surface area contributed by atoms with Crippen molar-refractivity contribution in [1.82, 2.24) is 14.9 Å². The maximum Gasteiger partial charge on any atom is 0.271 e. The van der Waals surface area contributed by atoms with Crippen LogP contribution in [0.5, 0.6) is 0 Å². The Bertz CT molecular complexity index is 1010. The maximum absolute atomic E-state index is 12.6. The van der Waals surface area contributed by atoms with Crippen LogP contribution in [0.1, 0.15) is 24.8 Å². The summed E-state index contributed by atoms with van der Waals surface area (Å²) in [7, 11) is 1.70. The fourth-order valence-electron chi connectivity index (χ4n) is 3.30. The third kappa shape index (κ3) is 3.05. The number of nitrogens with zero attached hydrogens (tertiary/aromatic N) is 2. The molecule has 0 bridgehead atoms. The lowest BCUT2D eigenvalue weighted by atomic mass is 9.72. The molecule has 0 unspecified atom stereocenters. The molecule has 26 heavy (non-hydrogen) atoms. The molecule has 0 aliphatic heterocycles. The highest BCUT2D eigenvalue weighted by Gasteiger charge is 2.39. The smallest absolute Gasteiger partial charge is 0.271 e. The van der Waals surface area contributed by atoms with Gasteiger partial charge in [0.25, 0.3) is 5.56 Å².